The summed E-state index contributed by atoms with van der Waals surface area (Å²) in [4.78, 5) is 0. The number of hydrogen-bond acceptors (Lipinski definition) is 1. The van der Waals surface area contributed by atoms with Gasteiger partial charge in [-0.15, -0.1) is 0 Å². The molecule has 50 valence electrons. The van der Waals surface area contributed by atoms with Crippen molar-refractivity contribution in [1.29, 1.82) is 0 Å². The van der Waals surface area contributed by atoms with Gasteiger partial charge in [0.25, 0.3) is 0 Å². The van der Waals surface area contributed by atoms with Gasteiger partial charge in [-0.3, -0.25) is 0 Å². The summed E-state index contributed by atoms with van der Waals surface area (Å²) in [5.41, 5.74) is 4.04. The third-order valence-corrected chi connectivity index (χ3v) is 1.88. The maximum atomic E-state index is 5.27. The molecule has 0 spiro atoms. The highest BCUT2D eigenvalue weighted by atomic mass is 16.4. The van der Waals surface area contributed by atoms with E-state index in [1.54, 1.807) is 0 Å². The van der Waals surface area contributed by atoms with E-state index in [1.165, 1.54) is 16.6 Å². The fourth-order valence-corrected chi connectivity index (χ4v) is 1.30. The Kier molecular flexibility index (Phi) is 1.28. The van der Waals surface area contributed by atoms with Gasteiger partial charge in [0.15, 0.2) is 0 Å². The van der Waals surface area contributed by atoms with Crippen LogP contribution in [0.5, 0.6) is 0 Å². The summed E-state index contributed by atoms with van der Waals surface area (Å²) in [5.74, 6) is 0. The van der Waals surface area contributed by atoms with Gasteiger partial charge in [-0.2, -0.15) is 0 Å². The van der Waals surface area contributed by atoms with E-state index in [2.05, 4.69) is 25.1 Å². The minimum atomic E-state index is 0.801. The van der Waals surface area contributed by atoms with Gasteiger partial charge in [0.1, 0.15) is 0 Å². The first-order valence-corrected chi connectivity index (χ1v) is 3.52. The van der Waals surface area contributed by atoms with Crippen LogP contribution in [0.15, 0.2) is 18.2 Å². The van der Waals surface area contributed by atoms with Crippen molar-refractivity contribution in [2.45, 2.75) is 13.5 Å². The average Bonchev–Trinajstić information content (AvgIpc) is 2.33. The fourth-order valence-electron chi connectivity index (χ4n) is 1.30. The van der Waals surface area contributed by atoms with Crippen molar-refractivity contribution >= 4 is 12.9 Å². The van der Waals surface area contributed by atoms with Crippen molar-refractivity contribution in [2.75, 3.05) is 0 Å². The Labute approximate surface area is 61.3 Å². The second-order valence-corrected chi connectivity index (χ2v) is 2.76. The van der Waals surface area contributed by atoms with Gasteiger partial charge >= 0.3 is 7.48 Å². The summed E-state index contributed by atoms with van der Waals surface area (Å²) in [6, 6.07) is 6.48. The molecule has 0 bridgehead atoms. The molecule has 1 nitrogen and oxygen atoms in total. The molecule has 1 aliphatic rings. The van der Waals surface area contributed by atoms with Gasteiger partial charge in [0.05, 0.1) is 6.61 Å². The van der Waals surface area contributed by atoms with E-state index in [9.17, 15) is 0 Å². The molecule has 0 saturated carbocycles. The van der Waals surface area contributed by atoms with Crippen molar-refractivity contribution in [3.8, 4) is 0 Å². The lowest BCUT2D eigenvalue weighted by Gasteiger charge is -1.96. The van der Waals surface area contributed by atoms with Crippen LogP contribution in [0.4, 0.5) is 0 Å². The van der Waals surface area contributed by atoms with Gasteiger partial charge in [-0.05, 0) is 17.9 Å². The summed E-state index contributed by atoms with van der Waals surface area (Å²) in [7, 11) is 0.801. The lowest BCUT2D eigenvalue weighted by Crippen LogP contribution is -2.10. The quantitative estimate of drug-likeness (QED) is 0.467. The van der Waals surface area contributed by atoms with Crippen molar-refractivity contribution in [3.63, 3.8) is 0 Å². The summed E-state index contributed by atoms with van der Waals surface area (Å²) in [5, 5.41) is 0. The molecule has 2 heteroatoms. The fraction of sp³-hybridized carbons (Fsp3) is 0.250. The highest BCUT2D eigenvalue weighted by molar-refractivity contribution is 6.48. The molecule has 0 N–H and O–H groups in total. The maximum Gasteiger partial charge on any atom is 0.309 e. The number of fused-ring (bicyclic) bond motifs is 1. The number of aryl methyl sites for hydroxylation is 1. The van der Waals surface area contributed by atoms with Crippen LogP contribution in [0.2, 0.25) is 0 Å². The van der Waals surface area contributed by atoms with Gasteiger partial charge in [0.2, 0.25) is 0 Å². The summed E-state index contributed by atoms with van der Waals surface area (Å²) in [6.45, 7) is 2.91. The van der Waals surface area contributed by atoms with E-state index >= 15 is 0 Å². The molecular weight excluding hydrogens is 123 g/mol. The predicted molar refractivity (Wildman–Crippen MR) is 42.8 cm³/mol. The number of hydrogen-bond donors (Lipinski definition) is 0. The Morgan fingerprint density at radius 2 is 2.40 bits per heavy atom. The third-order valence-electron chi connectivity index (χ3n) is 1.88. The van der Waals surface area contributed by atoms with E-state index < -0.39 is 0 Å². The second kappa shape index (κ2) is 2.13. The summed E-state index contributed by atoms with van der Waals surface area (Å²) < 4.78 is 5.27. The van der Waals surface area contributed by atoms with Crippen LogP contribution in [-0.4, -0.2) is 7.48 Å². The first kappa shape index (κ1) is 5.99. The Morgan fingerprint density at radius 1 is 1.50 bits per heavy atom. The highest BCUT2D eigenvalue weighted by Gasteiger charge is 2.11. The number of rotatable bonds is 0. The van der Waals surface area contributed by atoms with E-state index in [-0.39, 0.29) is 0 Å². The second-order valence-electron chi connectivity index (χ2n) is 2.76. The molecule has 0 aliphatic carbocycles. The molecule has 1 aromatic carbocycles. The molecule has 0 atom stereocenters. The Balaban J connectivity index is 2.52. The van der Waals surface area contributed by atoms with Crippen LogP contribution in [0, 0.1) is 6.92 Å². The van der Waals surface area contributed by atoms with Gasteiger partial charge < -0.3 is 4.65 Å². The Morgan fingerprint density at radius 3 is 3.30 bits per heavy atom. The van der Waals surface area contributed by atoms with Gasteiger partial charge in [-0.25, -0.2) is 0 Å². The van der Waals surface area contributed by atoms with E-state index in [0.717, 1.165) is 14.1 Å². The third kappa shape index (κ3) is 0.849. The molecule has 0 unspecified atom stereocenters. The van der Waals surface area contributed by atoms with Crippen molar-refractivity contribution in [3.05, 3.63) is 29.3 Å². The van der Waals surface area contributed by atoms with Gasteiger partial charge in [-0.1, -0.05) is 23.8 Å². The monoisotopic (exact) mass is 132 g/mol. The molecule has 0 fully saturated rings. The zero-order valence-electron chi connectivity index (χ0n) is 6.05. The van der Waals surface area contributed by atoms with Crippen LogP contribution < -0.4 is 5.46 Å². The zero-order chi connectivity index (χ0) is 6.97. The molecular formula is C8H9BO. The van der Waals surface area contributed by atoms with Gasteiger partial charge in [0, 0.05) is 0 Å². The SMILES string of the molecule is Cc1ccc2c(c1)COB2. The Hall–Kier alpha value is -0.755. The smallest absolute Gasteiger partial charge is 0.309 e. The minimum absolute atomic E-state index is 0.801. The zero-order valence-corrected chi connectivity index (χ0v) is 6.05. The average molecular weight is 132 g/mol. The van der Waals surface area contributed by atoms with E-state index in [0.29, 0.717) is 0 Å². The molecule has 2 rings (SSSR count). The largest absolute Gasteiger partial charge is 0.430 e. The first-order chi connectivity index (χ1) is 4.86. The molecule has 10 heavy (non-hydrogen) atoms. The van der Waals surface area contributed by atoms with Crippen molar-refractivity contribution in [2.24, 2.45) is 0 Å². The number of benzene rings is 1. The standard InChI is InChI=1S/C8H9BO/c1-6-2-3-8-7(4-6)5-10-9-8/h2-4,9H,5H2,1H3. The predicted octanol–water partition coefficient (Wildman–Crippen LogP) is 0.502. The first-order valence-electron chi connectivity index (χ1n) is 3.52. The topological polar surface area (TPSA) is 9.23 Å². The van der Waals surface area contributed by atoms with Crippen molar-refractivity contribution in [1.82, 2.24) is 0 Å². The maximum absolute atomic E-state index is 5.27. The van der Waals surface area contributed by atoms with Crippen molar-refractivity contribution < 1.29 is 4.65 Å². The molecule has 0 aromatic heterocycles. The molecule has 1 aliphatic heterocycles. The van der Waals surface area contributed by atoms with Crippen LogP contribution in [-0.2, 0) is 11.3 Å². The minimum Gasteiger partial charge on any atom is -0.430 e. The van der Waals surface area contributed by atoms with Crippen LogP contribution >= 0.6 is 0 Å². The van der Waals surface area contributed by atoms with Crippen LogP contribution in [0.3, 0.4) is 0 Å². The normalized spacial score (nSPS) is 14.5. The summed E-state index contributed by atoms with van der Waals surface area (Å²) in [6.07, 6.45) is 0. The highest BCUT2D eigenvalue weighted by Crippen LogP contribution is 2.07. The van der Waals surface area contributed by atoms with Crippen LogP contribution in [0.25, 0.3) is 0 Å². The van der Waals surface area contributed by atoms with E-state index in [1.807, 2.05) is 0 Å². The van der Waals surface area contributed by atoms with Crippen LogP contribution in [0.1, 0.15) is 11.1 Å². The molecule has 1 heterocycles. The lowest BCUT2D eigenvalue weighted by atomic mass is 9.87. The molecule has 0 amide bonds. The Bertz CT molecular complexity index is 257. The molecule has 1 aromatic rings. The lowest BCUT2D eigenvalue weighted by molar-refractivity contribution is 0.345. The summed E-state index contributed by atoms with van der Waals surface area (Å²) >= 11 is 0. The van der Waals surface area contributed by atoms with E-state index in [4.69, 9.17) is 4.65 Å². The molecule has 0 saturated heterocycles. The molecule has 0 radical (unpaired) electrons.